The van der Waals surface area contributed by atoms with Crippen LogP contribution in [0.1, 0.15) is 33.6 Å². The van der Waals surface area contributed by atoms with Crippen molar-refractivity contribution in [2.75, 3.05) is 6.54 Å². The number of carbonyl (C=O) groups excluding carboxylic acids is 1. The molecular weight excluding hydrogens is 221 g/mol. The van der Waals surface area contributed by atoms with Crippen molar-refractivity contribution < 1.29 is 18.0 Å². The summed E-state index contributed by atoms with van der Waals surface area (Å²) in [7, 11) is 0. The number of nitrogens with one attached hydrogen (secondary N) is 1. The standard InChI is InChI=1S/C10H19F3N2O/c1-9(2,3)4-7(14)6-15-8(16)5-10(11,12)13/h7H,4-6,14H2,1-3H3,(H,15,16). The van der Waals surface area contributed by atoms with E-state index in [2.05, 4.69) is 5.32 Å². The predicted octanol–water partition coefficient (Wildman–Crippen LogP) is 1.82. The first kappa shape index (κ1) is 15.2. The number of nitrogens with two attached hydrogens (primary N) is 1. The maximum Gasteiger partial charge on any atom is 0.397 e. The Bertz CT molecular complexity index is 233. The van der Waals surface area contributed by atoms with Gasteiger partial charge in [-0.1, -0.05) is 20.8 Å². The van der Waals surface area contributed by atoms with Gasteiger partial charge in [0.15, 0.2) is 0 Å². The Morgan fingerprint density at radius 1 is 1.31 bits per heavy atom. The first-order chi connectivity index (χ1) is 6.99. The molecule has 0 heterocycles. The van der Waals surface area contributed by atoms with E-state index in [9.17, 15) is 18.0 Å². The second kappa shape index (κ2) is 5.52. The lowest BCUT2D eigenvalue weighted by atomic mass is 9.88. The average molecular weight is 240 g/mol. The quantitative estimate of drug-likeness (QED) is 0.787. The highest BCUT2D eigenvalue weighted by molar-refractivity contribution is 5.76. The fraction of sp³-hybridized carbons (Fsp3) is 0.900. The van der Waals surface area contributed by atoms with Crippen LogP contribution in [0.4, 0.5) is 13.2 Å². The van der Waals surface area contributed by atoms with Gasteiger partial charge in [-0.2, -0.15) is 13.2 Å². The normalized spacial score (nSPS) is 14.7. The van der Waals surface area contributed by atoms with Gasteiger partial charge in [0.1, 0.15) is 6.42 Å². The molecule has 0 aliphatic rings. The lowest BCUT2D eigenvalue weighted by molar-refractivity contribution is -0.153. The lowest BCUT2D eigenvalue weighted by Gasteiger charge is -2.23. The SMILES string of the molecule is CC(C)(C)CC(N)CNC(=O)CC(F)(F)F. The Labute approximate surface area is 93.6 Å². The van der Waals surface area contributed by atoms with Gasteiger partial charge in [-0.05, 0) is 11.8 Å². The van der Waals surface area contributed by atoms with E-state index in [1.807, 2.05) is 20.8 Å². The predicted molar refractivity (Wildman–Crippen MR) is 55.7 cm³/mol. The fourth-order valence-corrected chi connectivity index (χ4v) is 1.35. The Morgan fingerprint density at radius 3 is 2.19 bits per heavy atom. The van der Waals surface area contributed by atoms with E-state index in [1.54, 1.807) is 0 Å². The zero-order valence-electron chi connectivity index (χ0n) is 9.82. The van der Waals surface area contributed by atoms with Crippen molar-refractivity contribution in [3.63, 3.8) is 0 Å². The van der Waals surface area contributed by atoms with Crippen molar-refractivity contribution in [1.82, 2.24) is 5.32 Å². The third-order valence-corrected chi connectivity index (χ3v) is 1.80. The summed E-state index contributed by atoms with van der Waals surface area (Å²) in [6.45, 7) is 6.01. The van der Waals surface area contributed by atoms with E-state index >= 15 is 0 Å². The molecule has 0 saturated carbocycles. The van der Waals surface area contributed by atoms with Crippen LogP contribution < -0.4 is 11.1 Å². The number of amides is 1. The van der Waals surface area contributed by atoms with Crippen molar-refractivity contribution in [3.8, 4) is 0 Å². The van der Waals surface area contributed by atoms with Crippen LogP contribution in [0.25, 0.3) is 0 Å². The van der Waals surface area contributed by atoms with Crippen LogP contribution >= 0.6 is 0 Å². The van der Waals surface area contributed by atoms with E-state index in [4.69, 9.17) is 5.73 Å². The van der Waals surface area contributed by atoms with E-state index in [0.29, 0.717) is 6.42 Å². The van der Waals surface area contributed by atoms with Gasteiger partial charge >= 0.3 is 6.18 Å². The first-order valence-corrected chi connectivity index (χ1v) is 5.09. The number of alkyl halides is 3. The highest BCUT2D eigenvalue weighted by Gasteiger charge is 2.31. The zero-order valence-corrected chi connectivity index (χ0v) is 9.82. The van der Waals surface area contributed by atoms with Gasteiger partial charge in [0.05, 0.1) is 0 Å². The second-order valence-electron chi connectivity index (χ2n) is 5.12. The van der Waals surface area contributed by atoms with Crippen molar-refractivity contribution in [2.45, 2.75) is 45.8 Å². The maximum atomic E-state index is 11.8. The van der Waals surface area contributed by atoms with Crippen LogP contribution in [-0.4, -0.2) is 24.7 Å². The van der Waals surface area contributed by atoms with Gasteiger partial charge in [0.25, 0.3) is 0 Å². The largest absolute Gasteiger partial charge is 0.397 e. The van der Waals surface area contributed by atoms with Gasteiger partial charge in [-0.3, -0.25) is 4.79 Å². The number of hydrogen-bond donors (Lipinski definition) is 2. The zero-order chi connectivity index (χ0) is 13.0. The molecule has 0 fully saturated rings. The molecule has 96 valence electrons. The van der Waals surface area contributed by atoms with Gasteiger partial charge in [-0.25, -0.2) is 0 Å². The number of rotatable bonds is 4. The number of hydrogen-bond acceptors (Lipinski definition) is 2. The third-order valence-electron chi connectivity index (χ3n) is 1.80. The maximum absolute atomic E-state index is 11.8. The molecule has 0 rings (SSSR count). The molecule has 16 heavy (non-hydrogen) atoms. The molecule has 0 radical (unpaired) electrons. The van der Waals surface area contributed by atoms with Crippen molar-refractivity contribution in [2.24, 2.45) is 11.1 Å². The molecule has 6 heteroatoms. The van der Waals surface area contributed by atoms with Crippen LogP contribution in [0, 0.1) is 5.41 Å². The van der Waals surface area contributed by atoms with Crippen molar-refractivity contribution in [3.05, 3.63) is 0 Å². The Balaban J connectivity index is 3.85. The minimum Gasteiger partial charge on any atom is -0.354 e. The molecule has 3 nitrogen and oxygen atoms in total. The molecule has 3 N–H and O–H groups in total. The molecule has 0 aromatic rings. The molecule has 0 spiro atoms. The van der Waals surface area contributed by atoms with Gasteiger partial charge in [0, 0.05) is 12.6 Å². The Morgan fingerprint density at radius 2 is 1.81 bits per heavy atom. The molecule has 0 aliphatic carbocycles. The highest BCUT2D eigenvalue weighted by atomic mass is 19.4. The van der Waals surface area contributed by atoms with Crippen LogP contribution in [0.15, 0.2) is 0 Å². The number of halogens is 3. The monoisotopic (exact) mass is 240 g/mol. The first-order valence-electron chi connectivity index (χ1n) is 5.09. The van der Waals surface area contributed by atoms with Crippen LogP contribution in [0.5, 0.6) is 0 Å². The van der Waals surface area contributed by atoms with E-state index < -0.39 is 18.5 Å². The summed E-state index contributed by atoms with van der Waals surface area (Å²) in [6.07, 6.45) is -5.27. The van der Waals surface area contributed by atoms with Crippen LogP contribution in [-0.2, 0) is 4.79 Å². The molecule has 0 saturated heterocycles. The third kappa shape index (κ3) is 9.76. The minimum atomic E-state index is -4.46. The van der Waals surface area contributed by atoms with Crippen molar-refractivity contribution in [1.29, 1.82) is 0 Å². The smallest absolute Gasteiger partial charge is 0.354 e. The summed E-state index contributed by atoms with van der Waals surface area (Å²) in [6, 6.07) is -0.322. The molecular formula is C10H19F3N2O. The summed E-state index contributed by atoms with van der Waals surface area (Å²) in [5, 5.41) is 2.18. The summed E-state index contributed by atoms with van der Waals surface area (Å²) in [5.41, 5.74) is 5.67. The summed E-state index contributed by atoms with van der Waals surface area (Å²) in [5.74, 6) is -1.03. The molecule has 0 bridgehead atoms. The Kier molecular flexibility index (Phi) is 5.25. The summed E-state index contributed by atoms with van der Waals surface area (Å²) < 4.78 is 35.4. The van der Waals surface area contributed by atoms with E-state index in [0.717, 1.165) is 0 Å². The number of carbonyl (C=O) groups is 1. The topological polar surface area (TPSA) is 55.1 Å². The van der Waals surface area contributed by atoms with E-state index in [-0.39, 0.29) is 18.0 Å². The Hall–Kier alpha value is -0.780. The molecule has 0 aliphatic heterocycles. The van der Waals surface area contributed by atoms with Crippen molar-refractivity contribution >= 4 is 5.91 Å². The second-order valence-corrected chi connectivity index (χ2v) is 5.12. The summed E-state index contributed by atoms with van der Waals surface area (Å²) >= 11 is 0. The minimum absolute atomic E-state index is 0.00578. The average Bonchev–Trinajstić information content (AvgIpc) is 1.94. The fourth-order valence-electron chi connectivity index (χ4n) is 1.35. The molecule has 1 amide bonds. The van der Waals surface area contributed by atoms with Gasteiger partial charge in [0.2, 0.25) is 5.91 Å². The highest BCUT2D eigenvalue weighted by Crippen LogP contribution is 2.20. The van der Waals surface area contributed by atoms with Gasteiger partial charge in [-0.15, -0.1) is 0 Å². The van der Waals surface area contributed by atoms with Gasteiger partial charge < -0.3 is 11.1 Å². The van der Waals surface area contributed by atoms with Crippen LogP contribution in [0.3, 0.4) is 0 Å². The van der Waals surface area contributed by atoms with E-state index in [1.165, 1.54) is 0 Å². The molecule has 0 aromatic carbocycles. The molecule has 1 unspecified atom stereocenters. The molecule has 0 aromatic heterocycles. The summed E-state index contributed by atoms with van der Waals surface area (Å²) in [4.78, 5) is 10.8. The molecule has 1 atom stereocenters. The van der Waals surface area contributed by atoms with Crippen LogP contribution in [0.2, 0.25) is 0 Å². The lowest BCUT2D eigenvalue weighted by Crippen LogP contribution is -2.40.